The van der Waals surface area contributed by atoms with Crippen LogP contribution in [0.3, 0.4) is 0 Å². The van der Waals surface area contributed by atoms with Gasteiger partial charge in [0.1, 0.15) is 0 Å². The van der Waals surface area contributed by atoms with Crippen LogP contribution in [0.15, 0.2) is 30.3 Å². The minimum Gasteiger partial charge on any atom is -0.393 e. The van der Waals surface area contributed by atoms with E-state index in [2.05, 4.69) is 5.32 Å². The highest BCUT2D eigenvalue weighted by atomic mass is 32.1. The van der Waals surface area contributed by atoms with E-state index >= 15 is 0 Å². The molecule has 0 aliphatic carbocycles. The topological polar surface area (TPSA) is 58.4 Å². The van der Waals surface area contributed by atoms with Crippen LogP contribution >= 0.6 is 12.2 Å². The van der Waals surface area contributed by atoms with Crippen molar-refractivity contribution < 1.29 is 4.79 Å². The van der Waals surface area contributed by atoms with Gasteiger partial charge in [0.05, 0.1) is 4.99 Å². The van der Waals surface area contributed by atoms with E-state index in [0.717, 1.165) is 5.69 Å². The van der Waals surface area contributed by atoms with Gasteiger partial charge in [-0.1, -0.05) is 30.4 Å². The molecule has 0 aliphatic rings. The fourth-order valence-corrected chi connectivity index (χ4v) is 1.40. The van der Waals surface area contributed by atoms with Crippen molar-refractivity contribution >= 4 is 28.9 Å². The van der Waals surface area contributed by atoms with Crippen molar-refractivity contribution in [3.8, 4) is 0 Å². The van der Waals surface area contributed by atoms with Crippen LogP contribution in [0, 0.1) is 0 Å². The molecule has 4 nitrogen and oxygen atoms in total. The van der Waals surface area contributed by atoms with Gasteiger partial charge in [-0.2, -0.15) is 0 Å². The highest BCUT2D eigenvalue weighted by molar-refractivity contribution is 7.80. The van der Waals surface area contributed by atoms with Crippen LogP contribution in [0.25, 0.3) is 0 Å². The van der Waals surface area contributed by atoms with Crippen LogP contribution in [0.2, 0.25) is 0 Å². The molecule has 0 saturated heterocycles. The standard InChI is InChI=1S/C11H15N3OS/c1-13-11(15)14(8-7-10(12)16)9-5-3-2-4-6-9/h2-6H,7-8H2,1H3,(H2,12,16)(H,13,15). The summed E-state index contributed by atoms with van der Waals surface area (Å²) in [4.78, 5) is 13.7. The number of carbonyl (C=O) groups is 1. The number of nitrogens with two attached hydrogens (primary N) is 1. The maximum absolute atomic E-state index is 11.7. The van der Waals surface area contributed by atoms with Gasteiger partial charge >= 0.3 is 6.03 Å². The molecule has 0 aromatic heterocycles. The van der Waals surface area contributed by atoms with Crippen molar-refractivity contribution in [3.05, 3.63) is 30.3 Å². The predicted molar refractivity (Wildman–Crippen MR) is 69.6 cm³/mol. The van der Waals surface area contributed by atoms with E-state index < -0.39 is 0 Å². The second-order valence-electron chi connectivity index (χ2n) is 3.26. The summed E-state index contributed by atoms with van der Waals surface area (Å²) >= 11 is 4.81. The number of urea groups is 1. The van der Waals surface area contributed by atoms with Gasteiger partial charge in [0.2, 0.25) is 0 Å². The Morgan fingerprint density at radius 2 is 2.06 bits per heavy atom. The van der Waals surface area contributed by atoms with Crippen molar-refractivity contribution in [2.45, 2.75) is 6.42 Å². The largest absolute Gasteiger partial charge is 0.393 e. The Hall–Kier alpha value is -1.62. The average Bonchev–Trinajstić information content (AvgIpc) is 2.30. The minimum atomic E-state index is -0.164. The number of rotatable bonds is 4. The fourth-order valence-electron chi connectivity index (χ4n) is 1.31. The van der Waals surface area contributed by atoms with E-state index in [1.165, 1.54) is 0 Å². The molecule has 0 unspecified atom stereocenters. The first-order chi connectivity index (χ1) is 7.65. The molecule has 5 heteroatoms. The molecule has 0 bridgehead atoms. The number of hydrogen-bond acceptors (Lipinski definition) is 2. The number of nitrogens with zero attached hydrogens (tertiary/aromatic N) is 1. The summed E-state index contributed by atoms with van der Waals surface area (Å²) in [6.07, 6.45) is 0.512. The summed E-state index contributed by atoms with van der Waals surface area (Å²) < 4.78 is 0. The van der Waals surface area contributed by atoms with Crippen molar-refractivity contribution in [1.29, 1.82) is 0 Å². The quantitative estimate of drug-likeness (QED) is 0.780. The second-order valence-corrected chi connectivity index (χ2v) is 3.78. The van der Waals surface area contributed by atoms with E-state index in [-0.39, 0.29) is 6.03 Å². The molecule has 16 heavy (non-hydrogen) atoms. The lowest BCUT2D eigenvalue weighted by atomic mass is 10.3. The predicted octanol–water partition coefficient (Wildman–Crippen LogP) is 1.51. The second kappa shape index (κ2) is 6.07. The molecule has 0 heterocycles. The monoisotopic (exact) mass is 237 g/mol. The number of amides is 2. The molecular formula is C11H15N3OS. The first-order valence-electron chi connectivity index (χ1n) is 4.97. The lowest BCUT2D eigenvalue weighted by Gasteiger charge is -2.21. The fraction of sp³-hybridized carbons (Fsp3) is 0.273. The number of benzene rings is 1. The first-order valence-corrected chi connectivity index (χ1v) is 5.38. The molecule has 0 radical (unpaired) electrons. The summed E-state index contributed by atoms with van der Waals surface area (Å²) in [5, 5.41) is 2.59. The zero-order valence-corrected chi connectivity index (χ0v) is 9.96. The molecule has 0 saturated carbocycles. The number of thiocarbonyl (C=S) groups is 1. The smallest absolute Gasteiger partial charge is 0.321 e. The number of hydrogen-bond donors (Lipinski definition) is 2. The van der Waals surface area contributed by atoms with Crippen molar-refractivity contribution in [2.24, 2.45) is 5.73 Å². The zero-order valence-electron chi connectivity index (χ0n) is 9.14. The van der Waals surface area contributed by atoms with Crippen molar-refractivity contribution in [3.63, 3.8) is 0 Å². The van der Waals surface area contributed by atoms with Gasteiger partial charge in [0.25, 0.3) is 0 Å². The Morgan fingerprint density at radius 1 is 1.44 bits per heavy atom. The van der Waals surface area contributed by atoms with Crippen molar-refractivity contribution in [1.82, 2.24) is 5.32 Å². The van der Waals surface area contributed by atoms with Gasteiger partial charge in [-0.25, -0.2) is 4.79 Å². The van der Waals surface area contributed by atoms with Gasteiger partial charge in [-0.15, -0.1) is 0 Å². The number of carbonyl (C=O) groups excluding carboxylic acids is 1. The highest BCUT2D eigenvalue weighted by Crippen LogP contribution is 2.13. The maximum Gasteiger partial charge on any atom is 0.321 e. The molecular weight excluding hydrogens is 222 g/mol. The van der Waals surface area contributed by atoms with Crippen LogP contribution < -0.4 is 16.0 Å². The third kappa shape index (κ3) is 3.51. The Balaban J connectivity index is 2.79. The summed E-state index contributed by atoms with van der Waals surface area (Å²) in [6.45, 7) is 0.485. The van der Waals surface area contributed by atoms with Crippen LogP contribution in [0.4, 0.5) is 10.5 Å². The number of para-hydroxylation sites is 1. The normalized spacial score (nSPS) is 9.56. The van der Waals surface area contributed by atoms with Crippen LogP contribution in [-0.4, -0.2) is 24.6 Å². The van der Waals surface area contributed by atoms with E-state index in [4.69, 9.17) is 18.0 Å². The van der Waals surface area contributed by atoms with Gasteiger partial charge in [-0.3, -0.25) is 4.90 Å². The highest BCUT2D eigenvalue weighted by Gasteiger charge is 2.13. The molecule has 0 spiro atoms. The van der Waals surface area contributed by atoms with E-state index in [9.17, 15) is 4.79 Å². The van der Waals surface area contributed by atoms with Crippen LogP contribution in [0.1, 0.15) is 6.42 Å². The van der Waals surface area contributed by atoms with Gasteiger partial charge in [0.15, 0.2) is 0 Å². The van der Waals surface area contributed by atoms with Gasteiger partial charge < -0.3 is 11.1 Å². The summed E-state index contributed by atoms with van der Waals surface area (Å²) in [5.41, 5.74) is 6.27. The maximum atomic E-state index is 11.7. The van der Waals surface area contributed by atoms with Crippen molar-refractivity contribution in [2.75, 3.05) is 18.5 Å². The summed E-state index contributed by atoms with van der Waals surface area (Å²) in [5.74, 6) is 0. The summed E-state index contributed by atoms with van der Waals surface area (Å²) in [7, 11) is 1.60. The third-order valence-electron chi connectivity index (χ3n) is 2.11. The molecule has 1 aromatic rings. The van der Waals surface area contributed by atoms with Crippen LogP contribution in [-0.2, 0) is 0 Å². The molecule has 0 fully saturated rings. The minimum absolute atomic E-state index is 0.164. The average molecular weight is 237 g/mol. The molecule has 3 N–H and O–H groups in total. The van der Waals surface area contributed by atoms with Crippen LogP contribution in [0.5, 0.6) is 0 Å². The lowest BCUT2D eigenvalue weighted by Crippen LogP contribution is -2.39. The SMILES string of the molecule is CNC(=O)N(CCC(N)=S)c1ccccc1. The first kappa shape index (κ1) is 12.4. The molecule has 1 aromatic carbocycles. The molecule has 0 aliphatic heterocycles. The molecule has 2 amide bonds. The third-order valence-corrected chi connectivity index (χ3v) is 2.31. The van der Waals surface area contributed by atoms with E-state index in [0.29, 0.717) is 18.0 Å². The lowest BCUT2D eigenvalue weighted by molar-refractivity contribution is 0.248. The summed E-state index contributed by atoms with van der Waals surface area (Å²) in [6, 6.07) is 9.24. The Morgan fingerprint density at radius 3 is 2.56 bits per heavy atom. The Bertz CT molecular complexity index is 367. The number of nitrogens with one attached hydrogen (secondary N) is 1. The number of anilines is 1. The molecule has 0 atom stereocenters. The van der Waals surface area contributed by atoms with Gasteiger partial charge in [0, 0.05) is 25.7 Å². The molecule has 1 rings (SSSR count). The Kier molecular flexibility index (Phi) is 4.72. The Labute approximate surface area is 100 Å². The van der Waals surface area contributed by atoms with E-state index in [1.807, 2.05) is 30.3 Å². The molecule has 86 valence electrons. The zero-order chi connectivity index (χ0) is 12.0. The van der Waals surface area contributed by atoms with Gasteiger partial charge in [-0.05, 0) is 12.1 Å². The van der Waals surface area contributed by atoms with E-state index in [1.54, 1.807) is 11.9 Å².